The quantitative estimate of drug-likeness (QED) is 0.545. The van der Waals surface area contributed by atoms with Crippen molar-refractivity contribution >= 4 is 11.0 Å². The highest BCUT2D eigenvalue weighted by Crippen LogP contribution is 2.27. The van der Waals surface area contributed by atoms with Gasteiger partial charge in [0.05, 0.1) is 17.6 Å². The Labute approximate surface area is 133 Å². The molecule has 0 radical (unpaired) electrons. The van der Waals surface area contributed by atoms with Crippen LogP contribution in [-0.2, 0) is 6.54 Å². The fourth-order valence-corrected chi connectivity index (χ4v) is 2.78. The van der Waals surface area contributed by atoms with Crippen LogP contribution in [0, 0.1) is 12.7 Å². The molecule has 0 aliphatic rings. The lowest BCUT2D eigenvalue weighted by Gasteiger charge is -2.09. The number of hydrogen-bond acceptors (Lipinski definition) is 2. The number of nitrogens with zero attached hydrogens (tertiary/aromatic N) is 2. The van der Waals surface area contributed by atoms with Gasteiger partial charge in [0.2, 0.25) is 0 Å². The molecule has 0 saturated heterocycles. The smallest absolute Gasteiger partial charge is 0.177 e. The number of halogens is 1. The fourth-order valence-electron chi connectivity index (χ4n) is 2.78. The number of rotatable bonds is 3. The number of para-hydroxylation sites is 2. The molecule has 0 aliphatic carbocycles. The fraction of sp³-hybridized carbons (Fsp3) is 0.105. The maximum atomic E-state index is 14.1. The number of aryl methyl sites for hydroxylation is 1. The summed E-state index contributed by atoms with van der Waals surface area (Å²) in [4.78, 5) is 4.67. The van der Waals surface area contributed by atoms with Crippen LogP contribution >= 0.6 is 0 Å². The van der Waals surface area contributed by atoms with E-state index in [-0.39, 0.29) is 5.82 Å². The van der Waals surface area contributed by atoms with Gasteiger partial charge in [-0.05, 0) is 37.3 Å². The van der Waals surface area contributed by atoms with Crippen molar-refractivity contribution < 1.29 is 8.81 Å². The molecule has 0 atom stereocenters. The van der Waals surface area contributed by atoms with Crippen molar-refractivity contribution in [2.75, 3.05) is 0 Å². The maximum absolute atomic E-state index is 14.1. The van der Waals surface area contributed by atoms with E-state index in [1.165, 1.54) is 6.07 Å². The Hall–Kier alpha value is -2.88. The average Bonchev–Trinajstić information content (AvgIpc) is 3.14. The van der Waals surface area contributed by atoms with Gasteiger partial charge in [0.1, 0.15) is 11.6 Å². The number of furan rings is 1. The van der Waals surface area contributed by atoms with E-state index in [0.717, 1.165) is 16.8 Å². The van der Waals surface area contributed by atoms with Crippen LogP contribution in [0.3, 0.4) is 0 Å². The molecule has 3 nitrogen and oxygen atoms in total. The molecule has 4 rings (SSSR count). The summed E-state index contributed by atoms with van der Waals surface area (Å²) in [5.74, 6) is 2.01. The third kappa shape index (κ3) is 2.42. The summed E-state index contributed by atoms with van der Waals surface area (Å²) >= 11 is 0. The van der Waals surface area contributed by atoms with Crippen molar-refractivity contribution in [2.24, 2.45) is 0 Å². The van der Waals surface area contributed by atoms with E-state index in [1.54, 1.807) is 12.1 Å². The zero-order chi connectivity index (χ0) is 15.8. The maximum Gasteiger partial charge on any atom is 0.177 e. The second-order valence-corrected chi connectivity index (χ2v) is 5.51. The molecule has 2 aromatic heterocycles. The van der Waals surface area contributed by atoms with E-state index >= 15 is 0 Å². The van der Waals surface area contributed by atoms with Crippen LogP contribution in [0.5, 0.6) is 0 Å². The molecule has 4 aromatic rings. The molecular formula is C19H15FN2O. The highest BCUT2D eigenvalue weighted by Gasteiger charge is 2.16. The summed E-state index contributed by atoms with van der Waals surface area (Å²) in [5.41, 5.74) is 2.45. The Balaban J connectivity index is 1.91. The van der Waals surface area contributed by atoms with Gasteiger partial charge in [-0.1, -0.05) is 30.3 Å². The average molecular weight is 306 g/mol. The molecule has 2 heterocycles. The second-order valence-electron chi connectivity index (χ2n) is 5.51. The van der Waals surface area contributed by atoms with Crippen molar-refractivity contribution in [3.8, 4) is 11.6 Å². The molecule has 0 fully saturated rings. The topological polar surface area (TPSA) is 31.0 Å². The summed E-state index contributed by atoms with van der Waals surface area (Å²) in [6, 6.07) is 18.5. The third-order valence-corrected chi connectivity index (χ3v) is 3.90. The van der Waals surface area contributed by atoms with Gasteiger partial charge in [0.15, 0.2) is 11.6 Å². The van der Waals surface area contributed by atoms with Crippen LogP contribution in [0.1, 0.15) is 11.3 Å². The first-order valence-corrected chi connectivity index (χ1v) is 7.48. The first kappa shape index (κ1) is 13.8. The van der Waals surface area contributed by atoms with Gasteiger partial charge in [-0.2, -0.15) is 0 Å². The molecule has 0 saturated carbocycles. The monoisotopic (exact) mass is 306 g/mol. The van der Waals surface area contributed by atoms with Gasteiger partial charge < -0.3 is 8.98 Å². The van der Waals surface area contributed by atoms with Crippen molar-refractivity contribution in [3.05, 3.63) is 77.8 Å². The van der Waals surface area contributed by atoms with E-state index in [2.05, 4.69) is 4.98 Å². The van der Waals surface area contributed by atoms with Gasteiger partial charge in [-0.25, -0.2) is 9.37 Å². The third-order valence-electron chi connectivity index (χ3n) is 3.90. The van der Waals surface area contributed by atoms with E-state index in [4.69, 9.17) is 4.42 Å². The Morgan fingerprint density at radius 2 is 1.78 bits per heavy atom. The molecule has 0 amide bonds. The summed E-state index contributed by atoms with van der Waals surface area (Å²) < 4.78 is 21.8. The predicted molar refractivity (Wildman–Crippen MR) is 87.7 cm³/mol. The molecule has 0 unspecified atom stereocenters. The van der Waals surface area contributed by atoms with Crippen LogP contribution in [0.25, 0.3) is 22.6 Å². The minimum Gasteiger partial charge on any atom is -0.458 e. The van der Waals surface area contributed by atoms with Crippen molar-refractivity contribution in [1.29, 1.82) is 0 Å². The van der Waals surface area contributed by atoms with Crippen LogP contribution < -0.4 is 0 Å². The predicted octanol–water partition coefficient (Wildman–Crippen LogP) is 4.79. The Morgan fingerprint density at radius 3 is 2.57 bits per heavy atom. The first-order valence-electron chi connectivity index (χ1n) is 7.48. The van der Waals surface area contributed by atoms with Crippen molar-refractivity contribution in [1.82, 2.24) is 9.55 Å². The lowest BCUT2D eigenvalue weighted by atomic mass is 10.2. The molecule has 4 heteroatoms. The van der Waals surface area contributed by atoms with Crippen molar-refractivity contribution in [3.63, 3.8) is 0 Å². The Kier molecular flexibility index (Phi) is 3.23. The van der Waals surface area contributed by atoms with E-state index in [1.807, 2.05) is 54.0 Å². The number of aromatic nitrogens is 2. The summed E-state index contributed by atoms with van der Waals surface area (Å²) in [6.45, 7) is 2.30. The standard InChI is InChI=1S/C19H15FN2O/c1-13-10-11-18(23-13)19-21-16-8-4-5-9-17(16)22(19)12-14-6-2-3-7-15(14)20/h2-11H,12H2,1H3. The number of hydrogen-bond donors (Lipinski definition) is 0. The van der Waals surface area contributed by atoms with Crippen molar-refractivity contribution in [2.45, 2.75) is 13.5 Å². The lowest BCUT2D eigenvalue weighted by Crippen LogP contribution is -2.03. The highest BCUT2D eigenvalue weighted by atomic mass is 19.1. The van der Waals surface area contributed by atoms with E-state index in [0.29, 0.717) is 23.7 Å². The van der Waals surface area contributed by atoms with Gasteiger partial charge in [0, 0.05) is 5.56 Å². The number of imidazole rings is 1. The van der Waals surface area contributed by atoms with Gasteiger partial charge in [-0.3, -0.25) is 0 Å². The zero-order valence-electron chi connectivity index (χ0n) is 12.7. The number of benzene rings is 2. The highest BCUT2D eigenvalue weighted by molar-refractivity contribution is 5.79. The Bertz CT molecular complexity index is 984. The molecule has 114 valence electrons. The minimum atomic E-state index is -0.216. The first-order chi connectivity index (χ1) is 11.2. The molecule has 0 aliphatic heterocycles. The van der Waals surface area contributed by atoms with Crippen LogP contribution in [0.4, 0.5) is 4.39 Å². The molecular weight excluding hydrogens is 291 g/mol. The second kappa shape index (κ2) is 5.39. The normalized spacial score (nSPS) is 11.2. The van der Waals surface area contributed by atoms with Crippen LogP contribution in [-0.4, -0.2) is 9.55 Å². The molecule has 2 aromatic carbocycles. The summed E-state index contributed by atoms with van der Waals surface area (Å²) in [6.07, 6.45) is 0. The van der Waals surface area contributed by atoms with Gasteiger partial charge in [0.25, 0.3) is 0 Å². The molecule has 0 spiro atoms. The minimum absolute atomic E-state index is 0.216. The SMILES string of the molecule is Cc1ccc(-c2nc3ccccc3n2Cc2ccccc2F)o1. The van der Waals surface area contributed by atoms with Crippen LogP contribution in [0.15, 0.2) is 65.1 Å². The molecule has 0 bridgehead atoms. The number of fused-ring (bicyclic) bond motifs is 1. The van der Waals surface area contributed by atoms with Gasteiger partial charge in [-0.15, -0.1) is 0 Å². The molecule has 23 heavy (non-hydrogen) atoms. The van der Waals surface area contributed by atoms with E-state index < -0.39 is 0 Å². The van der Waals surface area contributed by atoms with Crippen LogP contribution in [0.2, 0.25) is 0 Å². The Morgan fingerprint density at radius 1 is 1.00 bits per heavy atom. The lowest BCUT2D eigenvalue weighted by molar-refractivity contribution is 0.539. The molecule has 0 N–H and O–H groups in total. The van der Waals surface area contributed by atoms with Gasteiger partial charge >= 0.3 is 0 Å². The summed E-state index contributed by atoms with van der Waals surface area (Å²) in [5, 5.41) is 0. The summed E-state index contributed by atoms with van der Waals surface area (Å²) in [7, 11) is 0. The van der Waals surface area contributed by atoms with E-state index in [9.17, 15) is 4.39 Å². The largest absolute Gasteiger partial charge is 0.458 e. The zero-order valence-corrected chi connectivity index (χ0v) is 12.7.